The number of benzene rings is 1. The first-order valence-corrected chi connectivity index (χ1v) is 4.85. The van der Waals surface area contributed by atoms with Gasteiger partial charge in [0.2, 0.25) is 0 Å². The van der Waals surface area contributed by atoms with E-state index in [4.69, 9.17) is 0 Å². The van der Waals surface area contributed by atoms with Gasteiger partial charge in [-0.15, -0.1) is 0 Å². The molecule has 0 aliphatic carbocycles. The highest BCUT2D eigenvalue weighted by Crippen LogP contribution is 2.17. The molecule has 0 spiro atoms. The minimum Gasteiger partial charge on any atom is -0.389 e. The van der Waals surface area contributed by atoms with Gasteiger partial charge in [-0.2, -0.15) is 0 Å². The minimum atomic E-state index is -0.800. The van der Waals surface area contributed by atoms with Crippen molar-refractivity contribution in [3.05, 3.63) is 35.9 Å². The van der Waals surface area contributed by atoms with Crippen molar-refractivity contribution in [2.75, 3.05) is 5.33 Å². The monoisotopic (exact) mass is 230 g/mol. The van der Waals surface area contributed by atoms with Crippen LogP contribution in [0.15, 0.2) is 30.3 Å². The van der Waals surface area contributed by atoms with E-state index >= 15 is 0 Å². The summed E-state index contributed by atoms with van der Waals surface area (Å²) in [6.07, 6.45) is -1.54. The van der Waals surface area contributed by atoms with Crippen LogP contribution in [-0.2, 0) is 0 Å². The molecule has 0 amide bonds. The van der Waals surface area contributed by atoms with Crippen LogP contribution >= 0.6 is 15.9 Å². The van der Waals surface area contributed by atoms with E-state index in [1.165, 1.54) is 0 Å². The fourth-order valence-electron chi connectivity index (χ4n) is 0.957. The van der Waals surface area contributed by atoms with Crippen molar-refractivity contribution in [3.63, 3.8) is 0 Å². The highest BCUT2D eigenvalue weighted by molar-refractivity contribution is 9.09. The van der Waals surface area contributed by atoms with Gasteiger partial charge in [0.1, 0.15) is 6.10 Å². The predicted octanol–water partition coefficient (Wildman–Crippen LogP) is 1.48. The molecule has 1 aromatic rings. The molecule has 2 unspecified atom stereocenters. The molecule has 2 N–H and O–H groups in total. The first kappa shape index (κ1) is 9.71. The Labute approximate surface area is 80.0 Å². The van der Waals surface area contributed by atoms with Crippen molar-refractivity contribution >= 4 is 15.9 Å². The largest absolute Gasteiger partial charge is 0.389 e. The highest BCUT2D eigenvalue weighted by atomic mass is 79.9. The predicted molar refractivity (Wildman–Crippen MR) is 51.2 cm³/mol. The molecule has 0 bridgehead atoms. The lowest BCUT2D eigenvalue weighted by atomic mass is 10.1. The van der Waals surface area contributed by atoms with Gasteiger partial charge in [0.05, 0.1) is 6.10 Å². The van der Waals surface area contributed by atoms with Crippen LogP contribution in [0.4, 0.5) is 0 Å². The maximum absolute atomic E-state index is 9.51. The van der Waals surface area contributed by atoms with Gasteiger partial charge in [0.25, 0.3) is 0 Å². The molecule has 0 aliphatic rings. The van der Waals surface area contributed by atoms with E-state index in [0.717, 1.165) is 5.56 Å². The van der Waals surface area contributed by atoms with Crippen LogP contribution in [0.3, 0.4) is 0 Å². The number of aliphatic hydroxyl groups is 2. The lowest BCUT2D eigenvalue weighted by Crippen LogP contribution is -2.19. The Balaban J connectivity index is 2.71. The zero-order valence-corrected chi connectivity index (χ0v) is 8.11. The molecule has 1 aromatic carbocycles. The molecular formula is C9H11BrO2. The van der Waals surface area contributed by atoms with Crippen LogP contribution in [0.25, 0.3) is 0 Å². The van der Waals surface area contributed by atoms with Crippen molar-refractivity contribution in [1.82, 2.24) is 0 Å². The molecule has 0 saturated heterocycles. The Morgan fingerprint density at radius 1 is 1.17 bits per heavy atom. The molecule has 2 nitrogen and oxygen atoms in total. The topological polar surface area (TPSA) is 40.5 Å². The van der Waals surface area contributed by atoms with Crippen LogP contribution in [0, 0.1) is 0 Å². The summed E-state index contributed by atoms with van der Waals surface area (Å²) in [5, 5.41) is 19.2. The van der Waals surface area contributed by atoms with Crippen LogP contribution in [0.1, 0.15) is 11.7 Å². The Bertz CT molecular complexity index is 225. The molecule has 3 heteroatoms. The third-order valence-corrected chi connectivity index (χ3v) is 2.33. The van der Waals surface area contributed by atoms with Crippen molar-refractivity contribution in [3.8, 4) is 0 Å². The second-order valence-electron chi connectivity index (χ2n) is 2.58. The number of alkyl halides is 1. The average molecular weight is 231 g/mol. The Morgan fingerprint density at radius 3 is 2.25 bits per heavy atom. The molecule has 0 aromatic heterocycles. The zero-order chi connectivity index (χ0) is 8.97. The third kappa shape index (κ3) is 2.30. The van der Waals surface area contributed by atoms with E-state index in [1.807, 2.05) is 18.2 Å². The van der Waals surface area contributed by atoms with Crippen LogP contribution in [0.2, 0.25) is 0 Å². The molecular weight excluding hydrogens is 220 g/mol. The number of aliphatic hydroxyl groups excluding tert-OH is 2. The summed E-state index contributed by atoms with van der Waals surface area (Å²) < 4.78 is 0. The Hall–Kier alpha value is -0.380. The number of rotatable bonds is 3. The van der Waals surface area contributed by atoms with E-state index < -0.39 is 12.2 Å². The van der Waals surface area contributed by atoms with E-state index in [1.54, 1.807) is 12.1 Å². The van der Waals surface area contributed by atoms with Gasteiger partial charge in [0.15, 0.2) is 0 Å². The summed E-state index contributed by atoms with van der Waals surface area (Å²) in [7, 11) is 0. The molecule has 0 saturated carbocycles. The van der Waals surface area contributed by atoms with Gasteiger partial charge < -0.3 is 10.2 Å². The second-order valence-corrected chi connectivity index (χ2v) is 3.22. The maximum atomic E-state index is 9.51. The SMILES string of the molecule is OC(CBr)C(O)c1ccccc1. The normalized spacial score (nSPS) is 15.6. The molecule has 0 aliphatic heterocycles. The molecule has 0 radical (unpaired) electrons. The summed E-state index contributed by atoms with van der Waals surface area (Å²) in [5.74, 6) is 0. The van der Waals surface area contributed by atoms with E-state index in [9.17, 15) is 10.2 Å². The summed E-state index contributed by atoms with van der Waals surface area (Å²) >= 11 is 3.10. The fourth-order valence-corrected chi connectivity index (χ4v) is 1.31. The van der Waals surface area contributed by atoms with Gasteiger partial charge in [-0.05, 0) is 5.56 Å². The fraction of sp³-hybridized carbons (Fsp3) is 0.333. The standard InChI is InChI=1S/C9H11BrO2/c10-6-8(11)9(12)7-4-2-1-3-5-7/h1-5,8-9,11-12H,6H2. The minimum absolute atomic E-state index is 0.378. The molecule has 0 heterocycles. The second kappa shape index (κ2) is 4.60. The van der Waals surface area contributed by atoms with Crippen molar-refractivity contribution in [2.24, 2.45) is 0 Å². The van der Waals surface area contributed by atoms with Gasteiger partial charge in [-0.25, -0.2) is 0 Å². The zero-order valence-electron chi connectivity index (χ0n) is 6.52. The lowest BCUT2D eigenvalue weighted by Gasteiger charge is -2.15. The van der Waals surface area contributed by atoms with Crippen LogP contribution in [0.5, 0.6) is 0 Å². The van der Waals surface area contributed by atoms with Crippen molar-refractivity contribution < 1.29 is 10.2 Å². The summed E-state index contributed by atoms with van der Waals surface area (Å²) in [6.45, 7) is 0. The quantitative estimate of drug-likeness (QED) is 0.773. The van der Waals surface area contributed by atoms with E-state index in [0.29, 0.717) is 5.33 Å². The van der Waals surface area contributed by atoms with Crippen molar-refractivity contribution in [1.29, 1.82) is 0 Å². The molecule has 12 heavy (non-hydrogen) atoms. The Morgan fingerprint density at radius 2 is 1.75 bits per heavy atom. The van der Waals surface area contributed by atoms with Crippen molar-refractivity contribution in [2.45, 2.75) is 12.2 Å². The first-order valence-electron chi connectivity index (χ1n) is 3.72. The number of halogens is 1. The van der Waals surface area contributed by atoms with Gasteiger partial charge in [-0.1, -0.05) is 46.3 Å². The molecule has 1 rings (SSSR count). The highest BCUT2D eigenvalue weighted by Gasteiger charge is 2.15. The Kier molecular flexibility index (Phi) is 3.72. The summed E-state index contributed by atoms with van der Waals surface area (Å²) in [6, 6.07) is 9.11. The van der Waals surface area contributed by atoms with Crippen LogP contribution in [-0.4, -0.2) is 21.6 Å². The first-order chi connectivity index (χ1) is 5.75. The van der Waals surface area contributed by atoms with E-state index in [2.05, 4.69) is 15.9 Å². The summed E-state index contributed by atoms with van der Waals surface area (Å²) in [5.41, 5.74) is 0.740. The average Bonchev–Trinajstić information content (AvgIpc) is 2.17. The molecule has 2 atom stereocenters. The number of hydrogen-bond acceptors (Lipinski definition) is 2. The molecule has 66 valence electrons. The smallest absolute Gasteiger partial charge is 0.106 e. The molecule has 0 fully saturated rings. The van der Waals surface area contributed by atoms with Gasteiger partial charge in [-0.3, -0.25) is 0 Å². The van der Waals surface area contributed by atoms with E-state index in [-0.39, 0.29) is 0 Å². The third-order valence-electron chi connectivity index (χ3n) is 1.66. The maximum Gasteiger partial charge on any atom is 0.106 e. The summed E-state index contributed by atoms with van der Waals surface area (Å²) in [4.78, 5) is 0. The lowest BCUT2D eigenvalue weighted by molar-refractivity contribution is 0.0343. The number of hydrogen-bond donors (Lipinski definition) is 2. The van der Waals surface area contributed by atoms with Gasteiger partial charge in [0, 0.05) is 5.33 Å². The van der Waals surface area contributed by atoms with Crippen LogP contribution < -0.4 is 0 Å². The van der Waals surface area contributed by atoms with Gasteiger partial charge >= 0.3 is 0 Å².